The summed E-state index contributed by atoms with van der Waals surface area (Å²) in [5, 5.41) is 2.89. The Hall–Kier alpha value is -0.680. The van der Waals surface area contributed by atoms with Gasteiger partial charge in [-0.2, -0.15) is 0 Å². The summed E-state index contributed by atoms with van der Waals surface area (Å²) in [6.45, 7) is 1.27. The fraction of sp³-hybridized carbons (Fsp3) is 0.500. The molecule has 1 aromatic rings. The number of halogens is 3. The summed E-state index contributed by atoms with van der Waals surface area (Å²) in [5.41, 5.74) is 0.180. The Bertz CT molecular complexity index is 394. The first-order valence-electron chi connectivity index (χ1n) is 5.67. The molecule has 1 aromatic carbocycles. The lowest BCUT2D eigenvalue weighted by Crippen LogP contribution is -2.27. The van der Waals surface area contributed by atoms with Gasteiger partial charge in [0.1, 0.15) is 11.6 Å². The monoisotopic (exact) mass is 305 g/mol. The van der Waals surface area contributed by atoms with E-state index in [1.807, 2.05) is 0 Å². The predicted octanol–water partition coefficient (Wildman–Crippen LogP) is 3.71. The standard InChI is InChI=1S/C12H14BrF2NO/c13-9-5-11(15)12(6-10(9)14)16-7-8-3-1-2-4-17-8/h5-6,8,16H,1-4,7H2. The molecular weight excluding hydrogens is 292 g/mol. The van der Waals surface area contributed by atoms with Gasteiger partial charge in [0.15, 0.2) is 0 Å². The molecule has 0 saturated carbocycles. The molecule has 1 fully saturated rings. The quantitative estimate of drug-likeness (QED) is 0.860. The third-order valence-electron chi connectivity index (χ3n) is 2.80. The molecule has 1 unspecified atom stereocenters. The van der Waals surface area contributed by atoms with Crippen LogP contribution in [0.2, 0.25) is 0 Å². The number of rotatable bonds is 3. The van der Waals surface area contributed by atoms with Crippen LogP contribution in [0.15, 0.2) is 16.6 Å². The second kappa shape index (κ2) is 5.78. The highest BCUT2D eigenvalue weighted by atomic mass is 79.9. The van der Waals surface area contributed by atoms with Gasteiger partial charge in [-0.25, -0.2) is 8.78 Å². The molecule has 0 bridgehead atoms. The largest absolute Gasteiger partial charge is 0.380 e. The van der Waals surface area contributed by atoms with Gasteiger partial charge in [0, 0.05) is 19.2 Å². The van der Waals surface area contributed by atoms with Crippen molar-refractivity contribution in [2.24, 2.45) is 0 Å². The molecule has 1 atom stereocenters. The number of benzene rings is 1. The van der Waals surface area contributed by atoms with Gasteiger partial charge >= 0.3 is 0 Å². The fourth-order valence-electron chi connectivity index (χ4n) is 1.85. The normalized spacial score (nSPS) is 20.3. The number of hydrogen-bond acceptors (Lipinski definition) is 2. The predicted molar refractivity (Wildman–Crippen MR) is 66.1 cm³/mol. The van der Waals surface area contributed by atoms with Gasteiger partial charge in [0.2, 0.25) is 0 Å². The zero-order valence-corrected chi connectivity index (χ0v) is 10.9. The van der Waals surface area contributed by atoms with Crippen molar-refractivity contribution < 1.29 is 13.5 Å². The average molecular weight is 306 g/mol. The van der Waals surface area contributed by atoms with E-state index in [2.05, 4.69) is 21.2 Å². The van der Waals surface area contributed by atoms with Crippen molar-refractivity contribution in [1.29, 1.82) is 0 Å². The maximum atomic E-state index is 13.5. The minimum atomic E-state index is -0.474. The highest BCUT2D eigenvalue weighted by molar-refractivity contribution is 9.10. The summed E-state index contributed by atoms with van der Waals surface area (Å²) in [6.07, 6.45) is 3.27. The molecule has 1 heterocycles. The van der Waals surface area contributed by atoms with Gasteiger partial charge in [0.05, 0.1) is 16.3 Å². The second-order valence-electron chi connectivity index (χ2n) is 4.12. The molecule has 0 aromatic heterocycles. The first kappa shape index (κ1) is 12.8. The van der Waals surface area contributed by atoms with Crippen LogP contribution in [0.4, 0.5) is 14.5 Å². The van der Waals surface area contributed by atoms with Crippen molar-refractivity contribution in [3.05, 3.63) is 28.2 Å². The lowest BCUT2D eigenvalue weighted by Gasteiger charge is -2.23. The van der Waals surface area contributed by atoms with Crippen LogP contribution >= 0.6 is 15.9 Å². The van der Waals surface area contributed by atoms with Crippen molar-refractivity contribution in [3.63, 3.8) is 0 Å². The topological polar surface area (TPSA) is 21.3 Å². The molecule has 1 aliphatic rings. The van der Waals surface area contributed by atoms with Crippen molar-refractivity contribution in [1.82, 2.24) is 0 Å². The van der Waals surface area contributed by atoms with E-state index in [1.54, 1.807) is 0 Å². The first-order chi connectivity index (χ1) is 8.16. The van der Waals surface area contributed by atoms with Crippen molar-refractivity contribution in [3.8, 4) is 0 Å². The molecule has 17 heavy (non-hydrogen) atoms. The van der Waals surface area contributed by atoms with Crippen LogP contribution in [0.1, 0.15) is 19.3 Å². The molecule has 0 aliphatic carbocycles. The van der Waals surface area contributed by atoms with E-state index in [9.17, 15) is 8.78 Å². The average Bonchev–Trinajstić information content (AvgIpc) is 2.33. The van der Waals surface area contributed by atoms with E-state index in [0.717, 1.165) is 38.0 Å². The molecule has 0 amide bonds. The lowest BCUT2D eigenvalue weighted by molar-refractivity contribution is 0.0247. The van der Waals surface area contributed by atoms with Crippen molar-refractivity contribution in [2.45, 2.75) is 25.4 Å². The Morgan fingerprint density at radius 3 is 2.82 bits per heavy atom. The van der Waals surface area contributed by atoms with Crippen molar-refractivity contribution >= 4 is 21.6 Å². The third kappa shape index (κ3) is 3.39. The van der Waals surface area contributed by atoms with Gasteiger partial charge in [0.25, 0.3) is 0 Å². The lowest BCUT2D eigenvalue weighted by atomic mass is 10.1. The maximum absolute atomic E-state index is 13.5. The summed E-state index contributed by atoms with van der Waals surface area (Å²) in [7, 11) is 0. The number of hydrogen-bond donors (Lipinski definition) is 1. The third-order valence-corrected chi connectivity index (χ3v) is 3.41. The van der Waals surface area contributed by atoms with E-state index in [-0.39, 0.29) is 16.3 Å². The second-order valence-corrected chi connectivity index (χ2v) is 4.97. The van der Waals surface area contributed by atoms with Crippen LogP contribution in [0, 0.1) is 11.6 Å². The Balaban J connectivity index is 1.96. The van der Waals surface area contributed by atoms with Crippen LogP contribution in [0.25, 0.3) is 0 Å². The Labute approximate surface area is 107 Å². The molecule has 1 N–H and O–H groups in total. The van der Waals surface area contributed by atoms with Gasteiger partial charge in [-0.3, -0.25) is 0 Å². The molecule has 2 nitrogen and oxygen atoms in total. The van der Waals surface area contributed by atoms with Crippen LogP contribution in [0.5, 0.6) is 0 Å². The fourth-order valence-corrected chi connectivity index (χ4v) is 2.17. The zero-order valence-electron chi connectivity index (χ0n) is 9.31. The molecule has 2 rings (SSSR count). The summed E-state index contributed by atoms with van der Waals surface area (Å²) < 4.78 is 32.4. The van der Waals surface area contributed by atoms with Crippen LogP contribution in [-0.4, -0.2) is 19.3 Å². The highest BCUT2D eigenvalue weighted by Crippen LogP contribution is 2.23. The van der Waals surface area contributed by atoms with E-state index in [1.165, 1.54) is 0 Å². The van der Waals surface area contributed by atoms with Gasteiger partial charge in [-0.15, -0.1) is 0 Å². The van der Waals surface area contributed by atoms with Gasteiger partial charge in [-0.05, 0) is 41.3 Å². The maximum Gasteiger partial charge on any atom is 0.147 e. The summed E-state index contributed by atoms with van der Waals surface area (Å²) in [4.78, 5) is 0. The van der Waals surface area contributed by atoms with Gasteiger partial charge < -0.3 is 10.1 Å². The first-order valence-corrected chi connectivity index (χ1v) is 6.46. The number of ether oxygens (including phenoxy) is 1. The number of anilines is 1. The summed E-state index contributed by atoms with van der Waals surface area (Å²) in [5.74, 6) is -0.937. The Morgan fingerprint density at radius 1 is 1.29 bits per heavy atom. The molecule has 0 radical (unpaired) electrons. The van der Waals surface area contributed by atoms with Crippen molar-refractivity contribution in [2.75, 3.05) is 18.5 Å². The molecule has 0 spiro atoms. The van der Waals surface area contributed by atoms with Crippen LogP contribution in [-0.2, 0) is 4.74 Å². The van der Waals surface area contributed by atoms with Crippen LogP contribution < -0.4 is 5.32 Å². The van der Waals surface area contributed by atoms with E-state index in [0.29, 0.717) is 6.54 Å². The number of nitrogens with one attached hydrogen (secondary N) is 1. The molecular formula is C12H14BrF2NO. The zero-order chi connectivity index (χ0) is 12.3. The Kier molecular flexibility index (Phi) is 4.34. The SMILES string of the molecule is Fc1cc(NCC2CCCCO2)c(F)cc1Br. The Morgan fingerprint density at radius 2 is 2.12 bits per heavy atom. The smallest absolute Gasteiger partial charge is 0.147 e. The highest BCUT2D eigenvalue weighted by Gasteiger charge is 2.15. The van der Waals surface area contributed by atoms with Crippen LogP contribution in [0.3, 0.4) is 0 Å². The minimum absolute atomic E-state index is 0.0925. The minimum Gasteiger partial charge on any atom is -0.380 e. The van der Waals surface area contributed by atoms with E-state index in [4.69, 9.17) is 4.74 Å². The van der Waals surface area contributed by atoms with Gasteiger partial charge in [-0.1, -0.05) is 0 Å². The molecule has 5 heteroatoms. The summed E-state index contributed by atoms with van der Waals surface area (Å²) >= 11 is 2.94. The van der Waals surface area contributed by atoms with E-state index >= 15 is 0 Å². The molecule has 94 valence electrons. The molecule has 1 saturated heterocycles. The molecule has 1 aliphatic heterocycles. The summed E-state index contributed by atoms with van der Waals surface area (Å²) in [6, 6.07) is 2.28. The van der Waals surface area contributed by atoms with E-state index < -0.39 is 11.6 Å².